The Bertz CT molecular complexity index is 454. The molecular weight excluding hydrogens is 250 g/mol. The first-order valence-electron chi connectivity index (χ1n) is 8.25. The summed E-state index contributed by atoms with van der Waals surface area (Å²) in [7, 11) is 0. The molecule has 110 valence electrons. The van der Waals surface area contributed by atoms with Crippen molar-refractivity contribution in [3.05, 3.63) is 18.0 Å². The zero-order valence-corrected chi connectivity index (χ0v) is 12.2. The minimum absolute atomic E-state index is 0.540. The van der Waals surface area contributed by atoms with E-state index in [1.807, 2.05) is 0 Å². The number of rotatable bonds is 3. The first-order valence-corrected chi connectivity index (χ1v) is 8.25. The maximum absolute atomic E-state index is 5.90. The second kappa shape index (κ2) is 5.49. The standard InChI is InChI=1S/C16H25N3O/c1-4-15(5-1)19-11-13(9-17-19)10-18-7-6-16-14(12-18)3-2-8-20-16/h9,11,14-16H,1-8,10,12H2. The van der Waals surface area contributed by atoms with Crippen LogP contribution in [0.1, 0.15) is 50.1 Å². The third-order valence-corrected chi connectivity index (χ3v) is 5.31. The smallest absolute Gasteiger partial charge is 0.0627 e. The van der Waals surface area contributed by atoms with Gasteiger partial charge in [-0.05, 0) is 44.4 Å². The Morgan fingerprint density at radius 1 is 1.20 bits per heavy atom. The highest BCUT2D eigenvalue weighted by atomic mass is 16.5. The topological polar surface area (TPSA) is 30.3 Å². The van der Waals surface area contributed by atoms with Gasteiger partial charge in [0.2, 0.25) is 0 Å². The summed E-state index contributed by atoms with van der Waals surface area (Å²) in [5.74, 6) is 0.763. The summed E-state index contributed by atoms with van der Waals surface area (Å²) in [6.45, 7) is 4.43. The minimum atomic E-state index is 0.540. The van der Waals surface area contributed by atoms with Crippen molar-refractivity contribution in [2.75, 3.05) is 19.7 Å². The van der Waals surface area contributed by atoms with E-state index in [0.717, 1.165) is 19.1 Å². The van der Waals surface area contributed by atoms with Crippen molar-refractivity contribution in [1.29, 1.82) is 0 Å². The molecule has 4 heteroatoms. The molecule has 0 N–H and O–H groups in total. The summed E-state index contributed by atoms with van der Waals surface area (Å²) in [5.41, 5.74) is 1.38. The number of fused-ring (bicyclic) bond motifs is 1. The Hall–Kier alpha value is -0.870. The van der Waals surface area contributed by atoms with Crippen molar-refractivity contribution in [1.82, 2.24) is 14.7 Å². The third-order valence-electron chi connectivity index (χ3n) is 5.31. The quantitative estimate of drug-likeness (QED) is 0.849. The molecule has 4 rings (SSSR count). The van der Waals surface area contributed by atoms with E-state index < -0.39 is 0 Å². The molecule has 0 spiro atoms. The molecule has 20 heavy (non-hydrogen) atoms. The molecule has 2 unspecified atom stereocenters. The fourth-order valence-corrected chi connectivity index (χ4v) is 3.87. The lowest BCUT2D eigenvalue weighted by Crippen LogP contribution is -2.45. The van der Waals surface area contributed by atoms with E-state index in [2.05, 4.69) is 27.1 Å². The van der Waals surface area contributed by atoms with E-state index in [-0.39, 0.29) is 0 Å². The van der Waals surface area contributed by atoms with Crippen LogP contribution in [0.2, 0.25) is 0 Å². The largest absolute Gasteiger partial charge is 0.378 e. The summed E-state index contributed by atoms with van der Waals surface area (Å²) in [6, 6.07) is 0.682. The number of hydrogen-bond donors (Lipinski definition) is 0. The molecule has 4 nitrogen and oxygen atoms in total. The Kier molecular flexibility index (Phi) is 3.52. The molecule has 0 radical (unpaired) electrons. The van der Waals surface area contributed by atoms with Gasteiger partial charge in [-0.3, -0.25) is 9.58 Å². The zero-order valence-electron chi connectivity index (χ0n) is 12.2. The first kappa shape index (κ1) is 12.8. The minimum Gasteiger partial charge on any atom is -0.378 e. The average Bonchev–Trinajstić information content (AvgIpc) is 2.85. The maximum atomic E-state index is 5.90. The molecule has 1 saturated carbocycles. The van der Waals surface area contributed by atoms with Gasteiger partial charge in [-0.2, -0.15) is 5.10 Å². The Morgan fingerprint density at radius 2 is 2.15 bits per heavy atom. The highest BCUT2D eigenvalue weighted by Gasteiger charge is 2.32. The van der Waals surface area contributed by atoms with Crippen LogP contribution < -0.4 is 0 Å². The van der Waals surface area contributed by atoms with Crippen LogP contribution in [0.4, 0.5) is 0 Å². The molecule has 1 aromatic rings. The Balaban J connectivity index is 1.35. The average molecular weight is 275 g/mol. The van der Waals surface area contributed by atoms with Gasteiger partial charge in [-0.1, -0.05) is 0 Å². The Morgan fingerprint density at radius 3 is 3.00 bits per heavy atom. The molecule has 1 aliphatic carbocycles. The molecular formula is C16H25N3O. The lowest BCUT2D eigenvalue weighted by molar-refractivity contribution is -0.0676. The van der Waals surface area contributed by atoms with Crippen LogP contribution in [0.15, 0.2) is 12.4 Å². The van der Waals surface area contributed by atoms with Crippen LogP contribution in [0, 0.1) is 5.92 Å². The van der Waals surface area contributed by atoms with Gasteiger partial charge in [0, 0.05) is 38.0 Å². The van der Waals surface area contributed by atoms with Crippen molar-refractivity contribution in [2.24, 2.45) is 5.92 Å². The summed E-state index contributed by atoms with van der Waals surface area (Å²) >= 11 is 0. The van der Waals surface area contributed by atoms with Crippen molar-refractivity contribution in [2.45, 2.75) is 57.2 Å². The van der Waals surface area contributed by atoms with E-state index in [4.69, 9.17) is 4.74 Å². The molecule has 3 heterocycles. The summed E-state index contributed by atoms with van der Waals surface area (Å²) < 4.78 is 8.08. The highest BCUT2D eigenvalue weighted by molar-refractivity contribution is 5.05. The second-order valence-corrected chi connectivity index (χ2v) is 6.75. The number of piperidine rings is 1. The lowest BCUT2D eigenvalue weighted by atomic mass is 9.88. The van der Waals surface area contributed by atoms with Gasteiger partial charge >= 0.3 is 0 Å². The van der Waals surface area contributed by atoms with Crippen LogP contribution in [0.3, 0.4) is 0 Å². The van der Waals surface area contributed by atoms with Gasteiger partial charge in [-0.25, -0.2) is 0 Å². The number of hydrogen-bond acceptors (Lipinski definition) is 3. The van der Waals surface area contributed by atoms with E-state index in [9.17, 15) is 0 Å². The molecule has 0 amide bonds. The van der Waals surface area contributed by atoms with Gasteiger partial charge < -0.3 is 4.74 Å². The van der Waals surface area contributed by atoms with Gasteiger partial charge in [0.05, 0.1) is 18.3 Å². The zero-order chi connectivity index (χ0) is 13.4. The van der Waals surface area contributed by atoms with E-state index in [1.54, 1.807) is 0 Å². The molecule has 3 aliphatic rings. The summed E-state index contributed by atoms with van der Waals surface area (Å²) in [4.78, 5) is 2.60. The van der Waals surface area contributed by atoms with Gasteiger partial charge in [0.1, 0.15) is 0 Å². The monoisotopic (exact) mass is 275 g/mol. The van der Waals surface area contributed by atoms with E-state index >= 15 is 0 Å². The number of aromatic nitrogens is 2. The van der Waals surface area contributed by atoms with Crippen LogP contribution in [0.25, 0.3) is 0 Å². The maximum Gasteiger partial charge on any atom is 0.0627 e. The molecule has 2 saturated heterocycles. The number of likely N-dealkylation sites (tertiary alicyclic amines) is 1. The van der Waals surface area contributed by atoms with Gasteiger partial charge in [0.15, 0.2) is 0 Å². The van der Waals surface area contributed by atoms with Crippen LogP contribution in [-0.2, 0) is 11.3 Å². The predicted octanol–water partition coefficient (Wildman–Crippen LogP) is 2.61. The fraction of sp³-hybridized carbons (Fsp3) is 0.812. The van der Waals surface area contributed by atoms with E-state index in [0.29, 0.717) is 12.1 Å². The molecule has 2 aliphatic heterocycles. The molecule has 0 aromatic carbocycles. The third kappa shape index (κ3) is 2.51. The van der Waals surface area contributed by atoms with Crippen molar-refractivity contribution < 1.29 is 4.74 Å². The predicted molar refractivity (Wildman–Crippen MR) is 77.5 cm³/mol. The first-order chi connectivity index (χ1) is 9.88. The molecule has 3 fully saturated rings. The van der Waals surface area contributed by atoms with Crippen LogP contribution >= 0.6 is 0 Å². The van der Waals surface area contributed by atoms with Crippen molar-refractivity contribution in [3.8, 4) is 0 Å². The summed E-state index contributed by atoms with van der Waals surface area (Å²) in [5, 5.41) is 4.55. The van der Waals surface area contributed by atoms with Crippen LogP contribution in [0.5, 0.6) is 0 Å². The van der Waals surface area contributed by atoms with Gasteiger partial charge in [0.25, 0.3) is 0 Å². The number of ether oxygens (including phenoxy) is 1. The molecule has 1 aromatic heterocycles. The van der Waals surface area contributed by atoms with Crippen LogP contribution in [-0.4, -0.2) is 40.5 Å². The molecule has 0 bridgehead atoms. The normalized spacial score (nSPS) is 31.8. The number of nitrogens with zero attached hydrogens (tertiary/aromatic N) is 3. The van der Waals surface area contributed by atoms with Gasteiger partial charge in [-0.15, -0.1) is 0 Å². The fourth-order valence-electron chi connectivity index (χ4n) is 3.87. The van der Waals surface area contributed by atoms with E-state index in [1.165, 1.54) is 57.2 Å². The van der Waals surface area contributed by atoms with Crippen molar-refractivity contribution >= 4 is 0 Å². The Labute approximate surface area is 121 Å². The molecule has 2 atom stereocenters. The SMILES string of the molecule is c1nn(C2CCC2)cc1CN1CCC2OCCCC2C1. The van der Waals surface area contributed by atoms with Crippen molar-refractivity contribution in [3.63, 3.8) is 0 Å². The summed E-state index contributed by atoms with van der Waals surface area (Å²) in [6.07, 6.45) is 12.7. The highest BCUT2D eigenvalue weighted by Crippen LogP contribution is 2.31. The lowest BCUT2D eigenvalue weighted by Gasteiger charge is -2.40. The second-order valence-electron chi connectivity index (χ2n) is 6.75.